The molecule has 2 aromatic carbocycles. The van der Waals surface area contributed by atoms with Gasteiger partial charge in [-0.05, 0) is 56.7 Å². The van der Waals surface area contributed by atoms with Crippen LogP contribution in [0.2, 0.25) is 5.02 Å². The molecule has 0 bridgehead atoms. The number of benzene rings is 2. The molecular formula is C19H19ClN4O2. The van der Waals surface area contributed by atoms with Gasteiger partial charge >= 0.3 is 6.03 Å². The van der Waals surface area contributed by atoms with Crippen LogP contribution in [-0.2, 0) is 4.79 Å². The number of nitrogens with one attached hydrogen (secondary N) is 3. The lowest BCUT2D eigenvalue weighted by Crippen LogP contribution is -2.32. The second kappa shape index (κ2) is 6.80. The third-order valence-corrected chi connectivity index (χ3v) is 4.49. The first-order valence-corrected chi connectivity index (χ1v) is 8.48. The minimum Gasteiger partial charge on any atom is -0.308 e. The van der Waals surface area contributed by atoms with Crippen molar-refractivity contribution in [1.82, 2.24) is 5.43 Å². The Hall–Kier alpha value is -2.86. The smallest absolute Gasteiger partial charge is 0.308 e. The van der Waals surface area contributed by atoms with E-state index in [1.807, 2.05) is 26.8 Å². The Morgan fingerprint density at radius 2 is 1.92 bits per heavy atom. The van der Waals surface area contributed by atoms with Crippen molar-refractivity contribution >= 4 is 40.6 Å². The van der Waals surface area contributed by atoms with Crippen molar-refractivity contribution in [1.29, 1.82) is 0 Å². The van der Waals surface area contributed by atoms with Gasteiger partial charge in [0.25, 0.3) is 5.91 Å². The monoisotopic (exact) mass is 370 g/mol. The van der Waals surface area contributed by atoms with E-state index >= 15 is 0 Å². The molecule has 1 heterocycles. The maximum atomic E-state index is 12.3. The Bertz CT molecular complexity index is 922. The van der Waals surface area contributed by atoms with Crippen LogP contribution in [0.25, 0.3) is 0 Å². The average molecular weight is 371 g/mol. The van der Waals surface area contributed by atoms with Gasteiger partial charge in [0, 0.05) is 22.0 Å². The fourth-order valence-corrected chi connectivity index (χ4v) is 2.94. The van der Waals surface area contributed by atoms with Crippen LogP contribution in [0.4, 0.5) is 16.2 Å². The number of hydrazone groups is 1. The number of carbonyl (C=O) groups excluding carboxylic acids is 2. The van der Waals surface area contributed by atoms with Crippen LogP contribution < -0.4 is 16.1 Å². The van der Waals surface area contributed by atoms with Gasteiger partial charge in [0.1, 0.15) is 0 Å². The second-order valence-electron chi connectivity index (χ2n) is 6.65. The summed E-state index contributed by atoms with van der Waals surface area (Å²) >= 11 is 5.93. The largest absolute Gasteiger partial charge is 0.323 e. The number of urea groups is 1. The predicted octanol–water partition coefficient (Wildman–Crippen LogP) is 4.15. The molecule has 3 N–H and O–H groups in total. The number of aryl methyl sites for hydroxylation is 1. The quantitative estimate of drug-likeness (QED) is 0.758. The van der Waals surface area contributed by atoms with Gasteiger partial charge in [0.05, 0.1) is 11.1 Å². The third-order valence-electron chi connectivity index (χ3n) is 4.26. The third kappa shape index (κ3) is 3.55. The summed E-state index contributed by atoms with van der Waals surface area (Å²) in [6.45, 7) is 5.49. The van der Waals surface area contributed by atoms with Crippen LogP contribution in [0.5, 0.6) is 0 Å². The van der Waals surface area contributed by atoms with E-state index in [4.69, 9.17) is 11.6 Å². The molecule has 0 aromatic heterocycles. The molecule has 0 radical (unpaired) electrons. The van der Waals surface area contributed by atoms with Crippen LogP contribution >= 0.6 is 11.6 Å². The van der Waals surface area contributed by atoms with Crippen LogP contribution in [0.1, 0.15) is 25.0 Å². The normalized spacial score (nSPS) is 15.2. The fourth-order valence-electron chi connectivity index (χ4n) is 2.72. The Balaban J connectivity index is 1.75. The highest BCUT2D eigenvalue weighted by Gasteiger charge is 2.39. The summed E-state index contributed by atoms with van der Waals surface area (Å²) < 4.78 is 0. The highest BCUT2D eigenvalue weighted by atomic mass is 35.5. The van der Waals surface area contributed by atoms with Gasteiger partial charge in [-0.1, -0.05) is 23.7 Å². The van der Waals surface area contributed by atoms with Crippen molar-refractivity contribution in [3.05, 3.63) is 58.6 Å². The number of hydrogen-bond acceptors (Lipinski definition) is 3. The van der Waals surface area contributed by atoms with Crippen molar-refractivity contribution in [2.75, 3.05) is 10.6 Å². The maximum Gasteiger partial charge on any atom is 0.323 e. The fraction of sp³-hybridized carbons (Fsp3) is 0.211. The Morgan fingerprint density at radius 3 is 2.58 bits per heavy atom. The first-order valence-electron chi connectivity index (χ1n) is 8.10. The van der Waals surface area contributed by atoms with E-state index in [1.165, 1.54) is 0 Å². The molecule has 0 saturated carbocycles. The minimum absolute atomic E-state index is 0.151. The van der Waals surface area contributed by atoms with Gasteiger partial charge < -0.3 is 10.6 Å². The van der Waals surface area contributed by atoms with Crippen molar-refractivity contribution < 1.29 is 9.59 Å². The number of anilines is 2. The molecule has 0 aliphatic carbocycles. The molecule has 0 fully saturated rings. The molecule has 3 rings (SSSR count). The Labute approximate surface area is 156 Å². The summed E-state index contributed by atoms with van der Waals surface area (Å²) in [5.74, 6) is -0.151. The highest BCUT2D eigenvalue weighted by Crippen LogP contribution is 2.28. The van der Waals surface area contributed by atoms with Gasteiger partial charge in [0.2, 0.25) is 0 Å². The lowest BCUT2D eigenvalue weighted by Gasteiger charge is -2.17. The molecule has 134 valence electrons. The standard InChI is InChI=1S/C19H19ClN4O2/c1-11-9-13(20)7-8-15(11)22-18(26)21-14-6-4-5-12(10-14)16-19(2,3)17(25)24-23-16/h4-10H,1-3H3,(H,24,25)(H2,21,22,26). The zero-order chi connectivity index (χ0) is 18.9. The van der Waals surface area contributed by atoms with Crippen LogP contribution in [0.15, 0.2) is 47.6 Å². The van der Waals surface area contributed by atoms with Gasteiger partial charge in [-0.15, -0.1) is 0 Å². The molecular weight excluding hydrogens is 352 g/mol. The van der Waals surface area contributed by atoms with Gasteiger partial charge in [-0.25, -0.2) is 10.2 Å². The zero-order valence-corrected chi connectivity index (χ0v) is 15.4. The van der Waals surface area contributed by atoms with Gasteiger partial charge in [-0.3, -0.25) is 4.79 Å². The van der Waals surface area contributed by atoms with E-state index in [1.54, 1.807) is 36.4 Å². The van der Waals surface area contributed by atoms with Crippen LogP contribution in [-0.4, -0.2) is 17.6 Å². The summed E-state index contributed by atoms with van der Waals surface area (Å²) in [4.78, 5) is 24.2. The van der Waals surface area contributed by atoms with E-state index < -0.39 is 5.41 Å². The molecule has 0 spiro atoms. The number of halogens is 1. The molecule has 1 aliphatic heterocycles. The van der Waals surface area contributed by atoms with Crippen LogP contribution in [0.3, 0.4) is 0 Å². The molecule has 3 amide bonds. The van der Waals surface area contributed by atoms with Crippen molar-refractivity contribution in [2.45, 2.75) is 20.8 Å². The SMILES string of the molecule is Cc1cc(Cl)ccc1NC(=O)Nc1cccc(C2=NNC(=O)C2(C)C)c1. The van der Waals surface area contributed by atoms with E-state index in [-0.39, 0.29) is 11.9 Å². The molecule has 6 nitrogen and oxygen atoms in total. The average Bonchev–Trinajstić information content (AvgIpc) is 2.84. The van der Waals surface area contributed by atoms with E-state index in [0.717, 1.165) is 11.1 Å². The lowest BCUT2D eigenvalue weighted by molar-refractivity contribution is -0.125. The highest BCUT2D eigenvalue weighted by molar-refractivity contribution is 6.30. The van der Waals surface area contributed by atoms with E-state index in [9.17, 15) is 9.59 Å². The molecule has 7 heteroatoms. The molecule has 0 saturated heterocycles. The number of carbonyl (C=O) groups is 2. The number of amides is 3. The molecule has 0 unspecified atom stereocenters. The summed E-state index contributed by atoms with van der Waals surface area (Å²) in [5.41, 5.74) is 5.34. The molecule has 26 heavy (non-hydrogen) atoms. The minimum atomic E-state index is -0.721. The molecule has 1 aliphatic rings. The van der Waals surface area contributed by atoms with E-state index in [0.29, 0.717) is 22.1 Å². The van der Waals surface area contributed by atoms with E-state index in [2.05, 4.69) is 21.2 Å². The van der Waals surface area contributed by atoms with Gasteiger partial charge in [-0.2, -0.15) is 5.10 Å². The maximum absolute atomic E-state index is 12.3. The topological polar surface area (TPSA) is 82.6 Å². The first kappa shape index (κ1) is 17.9. The van der Waals surface area contributed by atoms with Gasteiger partial charge in [0.15, 0.2) is 0 Å². The Morgan fingerprint density at radius 1 is 1.15 bits per heavy atom. The first-order chi connectivity index (χ1) is 12.3. The predicted molar refractivity (Wildman–Crippen MR) is 104 cm³/mol. The summed E-state index contributed by atoms with van der Waals surface area (Å²) in [7, 11) is 0. The second-order valence-corrected chi connectivity index (χ2v) is 7.08. The number of rotatable bonds is 3. The van der Waals surface area contributed by atoms with Crippen molar-refractivity contribution in [3.8, 4) is 0 Å². The van der Waals surface area contributed by atoms with Crippen LogP contribution in [0, 0.1) is 12.3 Å². The molecule has 2 aromatic rings. The van der Waals surface area contributed by atoms with Crippen molar-refractivity contribution in [3.63, 3.8) is 0 Å². The summed E-state index contributed by atoms with van der Waals surface area (Å²) in [5, 5.41) is 10.3. The molecule has 0 atom stereocenters. The zero-order valence-electron chi connectivity index (χ0n) is 14.7. The number of hydrogen-bond donors (Lipinski definition) is 3. The number of nitrogens with zero attached hydrogens (tertiary/aromatic N) is 1. The summed E-state index contributed by atoms with van der Waals surface area (Å²) in [6.07, 6.45) is 0. The summed E-state index contributed by atoms with van der Waals surface area (Å²) in [6, 6.07) is 12.1. The van der Waals surface area contributed by atoms with Crippen molar-refractivity contribution in [2.24, 2.45) is 10.5 Å². The Kier molecular flexibility index (Phi) is 4.70. The lowest BCUT2D eigenvalue weighted by atomic mass is 9.84.